The van der Waals surface area contributed by atoms with Crippen LogP contribution in [0.4, 0.5) is 19.0 Å². The van der Waals surface area contributed by atoms with E-state index in [0.717, 1.165) is 43.8 Å². The molecule has 30 heavy (non-hydrogen) atoms. The van der Waals surface area contributed by atoms with Gasteiger partial charge in [-0.3, -0.25) is 0 Å². The first-order valence-corrected chi connectivity index (χ1v) is 10.2. The second kappa shape index (κ2) is 9.75. The maximum absolute atomic E-state index is 12.7. The lowest BCUT2D eigenvalue weighted by Gasteiger charge is -2.33. The molecule has 0 atom stereocenters. The van der Waals surface area contributed by atoms with E-state index in [-0.39, 0.29) is 0 Å². The first-order chi connectivity index (χ1) is 14.3. The maximum atomic E-state index is 12.7. The van der Waals surface area contributed by atoms with Crippen LogP contribution in [-0.2, 0) is 12.7 Å². The Morgan fingerprint density at radius 1 is 1.23 bits per heavy atom. The molecule has 0 spiro atoms. The molecule has 2 heterocycles. The van der Waals surface area contributed by atoms with E-state index in [1.165, 1.54) is 6.07 Å². The molecule has 0 radical (unpaired) electrons. The number of anilines is 1. The Morgan fingerprint density at radius 3 is 2.53 bits per heavy atom. The van der Waals surface area contributed by atoms with Crippen LogP contribution in [0.15, 0.2) is 30.5 Å². The van der Waals surface area contributed by atoms with Crippen molar-refractivity contribution in [3.05, 3.63) is 46.6 Å². The van der Waals surface area contributed by atoms with Gasteiger partial charge in [0.2, 0.25) is 0 Å². The van der Waals surface area contributed by atoms with Gasteiger partial charge in [0, 0.05) is 31.9 Å². The summed E-state index contributed by atoms with van der Waals surface area (Å²) in [4.78, 5) is 5.99. The van der Waals surface area contributed by atoms with Gasteiger partial charge in [-0.2, -0.15) is 13.2 Å². The molecule has 9 heteroatoms. The number of methoxy groups -OCH3 is 1. The third-order valence-corrected chi connectivity index (χ3v) is 5.35. The molecule has 1 fully saturated rings. The minimum Gasteiger partial charge on any atom is -0.493 e. The van der Waals surface area contributed by atoms with Crippen molar-refractivity contribution in [3.63, 3.8) is 0 Å². The van der Waals surface area contributed by atoms with Crippen molar-refractivity contribution in [2.75, 3.05) is 31.7 Å². The zero-order chi connectivity index (χ0) is 21.7. The number of alkyl halides is 3. The SMILES string of the molecule is CCOc1c(Cl)cc(CNC2CCN(c3ccc(C(F)(F)F)cn3)CC2)cc1OC. The number of nitrogens with zero attached hydrogens (tertiary/aromatic N) is 2. The smallest absolute Gasteiger partial charge is 0.417 e. The molecule has 1 aliphatic rings. The van der Waals surface area contributed by atoms with E-state index in [4.69, 9.17) is 21.1 Å². The maximum Gasteiger partial charge on any atom is 0.417 e. The summed E-state index contributed by atoms with van der Waals surface area (Å²) in [5.41, 5.74) is 0.263. The summed E-state index contributed by atoms with van der Waals surface area (Å²) in [6.45, 7) is 4.47. The van der Waals surface area contributed by atoms with Crippen LogP contribution in [0.3, 0.4) is 0 Å². The minimum absolute atomic E-state index is 0.298. The quantitative estimate of drug-likeness (QED) is 0.658. The molecule has 1 saturated heterocycles. The number of hydrogen-bond donors (Lipinski definition) is 1. The Labute approximate surface area is 179 Å². The number of benzene rings is 1. The molecule has 164 valence electrons. The van der Waals surface area contributed by atoms with Crippen LogP contribution in [0.2, 0.25) is 5.02 Å². The number of nitrogens with one attached hydrogen (secondary N) is 1. The molecule has 1 aromatic carbocycles. The van der Waals surface area contributed by atoms with Gasteiger partial charge in [0.25, 0.3) is 0 Å². The monoisotopic (exact) mass is 443 g/mol. The summed E-state index contributed by atoms with van der Waals surface area (Å²) in [5.74, 6) is 1.72. The van der Waals surface area contributed by atoms with E-state index in [0.29, 0.717) is 41.5 Å². The molecule has 0 amide bonds. The normalized spacial score (nSPS) is 15.3. The molecule has 0 bridgehead atoms. The zero-order valence-electron chi connectivity index (χ0n) is 16.9. The van der Waals surface area contributed by atoms with Gasteiger partial charge in [-0.25, -0.2) is 4.98 Å². The van der Waals surface area contributed by atoms with Crippen molar-refractivity contribution >= 4 is 17.4 Å². The second-order valence-corrected chi connectivity index (χ2v) is 7.49. The highest BCUT2D eigenvalue weighted by Gasteiger charge is 2.31. The van der Waals surface area contributed by atoms with E-state index in [9.17, 15) is 13.2 Å². The number of halogens is 4. The lowest BCUT2D eigenvalue weighted by atomic mass is 10.0. The standard InChI is InChI=1S/C21H25ClF3N3O2/c1-3-30-20-17(22)10-14(11-18(20)29-2)12-26-16-6-8-28(9-7-16)19-5-4-15(13-27-19)21(23,24)25/h4-5,10-11,13,16,26H,3,6-9,12H2,1-2H3. The van der Waals surface area contributed by atoms with Gasteiger partial charge in [-0.1, -0.05) is 11.6 Å². The van der Waals surface area contributed by atoms with Crippen molar-refractivity contribution in [2.24, 2.45) is 0 Å². The molecular formula is C21H25ClF3N3O2. The van der Waals surface area contributed by atoms with Gasteiger partial charge in [0.05, 0.1) is 24.3 Å². The van der Waals surface area contributed by atoms with Crippen LogP contribution in [0.5, 0.6) is 11.5 Å². The Morgan fingerprint density at radius 2 is 1.97 bits per heavy atom. The largest absolute Gasteiger partial charge is 0.493 e. The molecule has 1 N–H and O–H groups in total. The number of hydrogen-bond acceptors (Lipinski definition) is 5. The van der Waals surface area contributed by atoms with Crippen molar-refractivity contribution in [3.8, 4) is 11.5 Å². The number of ether oxygens (including phenoxy) is 2. The average Bonchev–Trinajstić information content (AvgIpc) is 2.73. The van der Waals surface area contributed by atoms with Crippen molar-refractivity contribution in [2.45, 2.75) is 38.5 Å². The van der Waals surface area contributed by atoms with Crippen molar-refractivity contribution < 1.29 is 22.6 Å². The number of piperidine rings is 1. The molecule has 1 aliphatic heterocycles. The fraction of sp³-hybridized carbons (Fsp3) is 0.476. The third kappa shape index (κ3) is 5.49. The van der Waals surface area contributed by atoms with E-state index >= 15 is 0 Å². The molecule has 5 nitrogen and oxygen atoms in total. The van der Waals surface area contributed by atoms with Crippen LogP contribution in [0.1, 0.15) is 30.9 Å². The van der Waals surface area contributed by atoms with E-state index in [2.05, 4.69) is 10.3 Å². The minimum atomic E-state index is -4.37. The Bertz CT molecular complexity index is 839. The predicted octanol–water partition coefficient (Wildman–Crippen LogP) is 4.92. The lowest BCUT2D eigenvalue weighted by molar-refractivity contribution is -0.137. The highest BCUT2D eigenvalue weighted by Crippen LogP contribution is 2.36. The number of aromatic nitrogens is 1. The van der Waals surface area contributed by atoms with Crippen molar-refractivity contribution in [1.82, 2.24) is 10.3 Å². The second-order valence-electron chi connectivity index (χ2n) is 7.09. The van der Waals surface area contributed by atoms with Gasteiger partial charge in [0.1, 0.15) is 5.82 Å². The van der Waals surface area contributed by atoms with Crippen LogP contribution in [0.25, 0.3) is 0 Å². The summed E-state index contributed by atoms with van der Waals surface area (Å²) >= 11 is 6.32. The summed E-state index contributed by atoms with van der Waals surface area (Å²) in [5, 5.41) is 4.03. The van der Waals surface area contributed by atoms with Gasteiger partial charge in [-0.05, 0) is 49.6 Å². The van der Waals surface area contributed by atoms with Gasteiger partial charge >= 0.3 is 6.18 Å². The Kier molecular flexibility index (Phi) is 7.31. The highest BCUT2D eigenvalue weighted by molar-refractivity contribution is 6.32. The molecular weight excluding hydrogens is 419 g/mol. The first-order valence-electron chi connectivity index (χ1n) is 9.82. The Hall–Kier alpha value is -2.19. The lowest BCUT2D eigenvalue weighted by Crippen LogP contribution is -2.42. The summed E-state index contributed by atoms with van der Waals surface area (Å²) in [6, 6.07) is 6.58. The highest BCUT2D eigenvalue weighted by atomic mass is 35.5. The first kappa shape index (κ1) is 22.5. The third-order valence-electron chi connectivity index (χ3n) is 5.07. The molecule has 3 rings (SSSR count). The summed E-state index contributed by atoms with van der Waals surface area (Å²) in [7, 11) is 1.58. The van der Waals surface area contributed by atoms with E-state index in [1.807, 2.05) is 24.0 Å². The van der Waals surface area contributed by atoms with E-state index in [1.54, 1.807) is 7.11 Å². The van der Waals surface area contributed by atoms with Crippen LogP contribution >= 0.6 is 11.6 Å². The van der Waals surface area contributed by atoms with Crippen molar-refractivity contribution in [1.29, 1.82) is 0 Å². The molecule has 0 aliphatic carbocycles. The molecule has 2 aromatic rings. The van der Waals surface area contributed by atoms with E-state index < -0.39 is 11.7 Å². The number of pyridine rings is 1. The van der Waals surface area contributed by atoms with Gasteiger partial charge < -0.3 is 19.7 Å². The number of rotatable bonds is 7. The topological polar surface area (TPSA) is 46.6 Å². The summed E-state index contributed by atoms with van der Waals surface area (Å²) in [6.07, 6.45) is -1.74. The fourth-order valence-electron chi connectivity index (χ4n) is 3.48. The zero-order valence-corrected chi connectivity index (χ0v) is 17.7. The molecule has 0 unspecified atom stereocenters. The van der Waals surface area contributed by atoms with Crippen LogP contribution < -0.4 is 19.7 Å². The molecule has 0 saturated carbocycles. The van der Waals surface area contributed by atoms with Gasteiger partial charge in [0.15, 0.2) is 11.5 Å². The Balaban J connectivity index is 1.53. The van der Waals surface area contributed by atoms with Gasteiger partial charge in [-0.15, -0.1) is 0 Å². The van der Waals surface area contributed by atoms with Crippen LogP contribution in [0, 0.1) is 0 Å². The average molecular weight is 444 g/mol. The predicted molar refractivity (Wildman–Crippen MR) is 110 cm³/mol. The van der Waals surface area contributed by atoms with Crippen LogP contribution in [-0.4, -0.2) is 37.8 Å². The summed E-state index contributed by atoms with van der Waals surface area (Å²) < 4.78 is 49.0. The fourth-order valence-corrected chi connectivity index (χ4v) is 3.76. The molecule has 1 aromatic heterocycles.